The lowest BCUT2D eigenvalue weighted by atomic mass is 10.0. The Morgan fingerprint density at radius 3 is 2.90 bits per heavy atom. The zero-order valence-corrected chi connectivity index (χ0v) is 13.3. The maximum absolute atomic E-state index is 5.76. The molecular weight excluding hydrogens is 322 g/mol. The molecule has 0 radical (unpaired) electrons. The molecule has 4 nitrogen and oxygen atoms in total. The second-order valence-corrected chi connectivity index (χ2v) is 6.53. The van der Waals surface area contributed by atoms with Gasteiger partial charge in [0.15, 0.2) is 11.5 Å². The van der Waals surface area contributed by atoms with Crippen LogP contribution in [0, 0.1) is 0 Å². The number of rotatable bonds is 3. The first-order valence-electron chi connectivity index (χ1n) is 7.07. The lowest BCUT2D eigenvalue weighted by Crippen LogP contribution is -2.42. The Balaban J connectivity index is 1.73. The van der Waals surface area contributed by atoms with Gasteiger partial charge in [0.2, 0.25) is 0 Å². The second-order valence-electron chi connectivity index (χ2n) is 5.67. The molecule has 3 rings (SSSR count). The molecule has 1 N–H and O–H groups in total. The fourth-order valence-electron chi connectivity index (χ4n) is 2.51. The summed E-state index contributed by atoms with van der Waals surface area (Å²) in [4.78, 5) is 0. The molecule has 0 spiro atoms. The zero-order valence-electron chi connectivity index (χ0n) is 11.7. The van der Waals surface area contributed by atoms with E-state index in [0.29, 0.717) is 13.2 Å². The Morgan fingerprint density at radius 1 is 1.25 bits per heavy atom. The summed E-state index contributed by atoms with van der Waals surface area (Å²) in [6.07, 6.45) is 1.98. The van der Waals surface area contributed by atoms with Gasteiger partial charge in [0.25, 0.3) is 0 Å². The van der Waals surface area contributed by atoms with E-state index in [-0.39, 0.29) is 5.54 Å². The van der Waals surface area contributed by atoms with Crippen molar-refractivity contribution >= 4 is 15.9 Å². The first-order chi connectivity index (χ1) is 9.66. The first-order valence-corrected chi connectivity index (χ1v) is 7.86. The third kappa shape index (κ3) is 3.10. The minimum atomic E-state index is 0.0800. The lowest BCUT2D eigenvalue weighted by Gasteiger charge is -2.24. The van der Waals surface area contributed by atoms with Crippen LogP contribution in [0.25, 0.3) is 0 Å². The molecule has 1 unspecified atom stereocenters. The van der Waals surface area contributed by atoms with Crippen LogP contribution in [0.1, 0.15) is 25.3 Å². The minimum absolute atomic E-state index is 0.0800. The molecule has 0 bridgehead atoms. The Labute approximate surface area is 127 Å². The van der Waals surface area contributed by atoms with E-state index in [0.717, 1.165) is 48.6 Å². The third-order valence-electron chi connectivity index (χ3n) is 3.80. The maximum atomic E-state index is 5.76. The normalized spacial score (nSPS) is 25.5. The average molecular weight is 342 g/mol. The largest absolute Gasteiger partial charge is 0.490 e. The minimum Gasteiger partial charge on any atom is -0.490 e. The van der Waals surface area contributed by atoms with E-state index in [2.05, 4.69) is 40.3 Å². The van der Waals surface area contributed by atoms with Crippen molar-refractivity contribution < 1.29 is 14.2 Å². The van der Waals surface area contributed by atoms with Gasteiger partial charge in [-0.3, -0.25) is 0 Å². The summed E-state index contributed by atoms with van der Waals surface area (Å²) in [6, 6.07) is 4.16. The Morgan fingerprint density at radius 2 is 2.10 bits per heavy atom. The van der Waals surface area contributed by atoms with Crippen LogP contribution in [-0.2, 0) is 11.3 Å². The van der Waals surface area contributed by atoms with Crippen LogP contribution < -0.4 is 14.8 Å². The van der Waals surface area contributed by atoms with Crippen LogP contribution in [0.15, 0.2) is 16.6 Å². The number of hydrogen-bond acceptors (Lipinski definition) is 4. The summed E-state index contributed by atoms with van der Waals surface area (Å²) < 4.78 is 17.9. The van der Waals surface area contributed by atoms with E-state index in [9.17, 15) is 0 Å². The number of ether oxygens (including phenoxy) is 3. The van der Waals surface area contributed by atoms with Gasteiger partial charge in [-0.25, -0.2) is 0 Å². The van der Waals surface area contributed by atoms with Gasteiger partial charge in [0.1, 0.15) is 0 Å². The van der Waals surface area contributed by atoms with Crippen molar-refractivity contribution in [3.8, 4) is 11.5 Å². The van der Waals surface area contributed by atoms with E-state index in [1.807, 2.05) is 0 Å². The Hall–Kier alpha value is -0.780. The molecule has 110 valence electrons. The van der Waals surface area contributed by atoms with Crippen molar-refractivity contribution in [2.75, 3.05) is 26.4 Å². The van der Waals surface area contributed by atoms with Crippen molar-refractivity contribution in [2.45, 2.75) is 31.8 Å². The predicted molar refractivity (Wildman–Crippen MR) is 80.4 cm³/mol. The second kappa shape index (κ2) is 5.92. The fraction of sp³-hybridized carbons (Fsp3) is 0.600. The molecule has 20 heavy (non-hydrogen) atoms. The van der Waals surface area contributed by atoms with Gasteiger partial charge in [0, 0.05) is 25.1 Å². The molecule has 1 fully saturated rings. The average Bonchev–Trinajstić information content (AvgIpc) is 2.72. The van der Waals surface area contributed by atoms with Gasteiger partial charge in [0.05, 0.1) is 24.3 Å². The van der Waals surface area contributed by atoms with E-state index < -0.39 is 0 Å². The molecule has 0 aromatic heterocycles. The topological polar surface area (TPSA) is 39.7 Å². The number of benzene rings is 1. The van der Waals surface area contributed by atoms with E-state index in [4.69, 9.17) is 14.2 Å². The smallest absolute Gasteiger partial charge is 0.175 e. The van der Waals surface area contributed by atoms with Crippen molar-refractivity contribution in [3.05, 3.63) is 22.2 Å². The van der Waals surface area contributed by atoms with Crippen LogP contribution >= 0.6 is 15.9 Å². The quantitative estimate of drug-likeness (QED) is 0.917. The van der Waals surface area contributed by atoms with E-state index >= 15 is 0 Å². The molecule has 0 amide bonds. The summed E-state index contributed by atoms with van der Waals surface area (Å²) in [5, 5.41) is 3.58. The maximum Gasteiger partial charge on any atom is 0.175 e. The standard InChI is InChI=1S/C15H20BrNO3/c1-15(3-6-18-10-15)17-9-11-7-12(16)14-13(8-11)19-4-2-5-20-14/h7-8,17H,2-6,9-10H2,1H3. The molecule has 1 aromatic carbocycles. The summed E-state index contributed by atoms with van der Waals surface area (Å²) in [5.41, 5.74) is 1.27. The number of hydrogen-bond donors (Lipinski definition) is 1. The Bertz CT molecular complexity index is 486. The monoisotopic (exact) mass is 341 g/mol. The molecule has 0 saturated carbocycles. The van der Waals surface area contributed by atoms with Crippen molar-refractivity contribution in [3.63, 3.8) is 0 Å². The van der Waals surface area contributed by atoms with Crippen LogP contribution in [0.2, 0.25) is 0 Å². The molecule has 1 aromatic rings. The van der Waals surface area contributed by atoms with Gasteiger partial charge >= 0.3 is 0 Å². The molecule has 2 heterocycles. The highest BCUT2D eigenvalue weighted by Gasteiger charge is 2.29. The Kier molecular flexibility index (Phi) is 4.19. The SMILES string of the molecule is CC1(NCc2cc(Br)c3c(c2)OCCCO3)CCOC1. The molecular formula is C15H20BrNO3. The van der Waals surface area contributed by atoms with Crippen molar-refractivity contribution in [2.24, 2.45) is 0 Å². The number of halogens is 1. The van der Waals surface area contributed by atoms with Gasteiger partial charge in [-0.2, -0.15) is 0 Å². The highest BCUT2D eigenvalue weighted by Crippen LogP contribution is 2.38. The van der Waals surface area contributed by atoms with Crippen molar-refractivity contribution in [1.29, 1.82) is 0 Å². The third-order valence-corrected chi connectivity index (χ3v) is 4.39. The van der Waals surface area contributed by atoms with Gasteiger partial charge in [-0.1, -0.05) is 0 Å². The predicted octanol–water partition coefficient (Wildman–Crippen LogP) is 2.88. The summed E-state index contributed by atoms with van der Waals surface area (Å²) >= 11 is 3.58. The summed E-state index contributed by atoms with van der Waals surface area (Å²) in [7, 11) is 0. The number of fused-ring (bicyclic) bond motifs is 1. The van der Waals surface area contributed by atoms with E-state index in [1.165, 1.54) is 5.56 Å². The molecule has 1 saturated heterocycles. The van der Waals surface area contributed by atoms with Gasteiger partial charge in [-0.15, -0.1) is 0 Å². The fourth-order valence-corrected chi connectivity index (χ4v) is 3.11. The molecule has 0 aliphatic carbocycles. The molecule has 2 aliphatic rings. The van der Waals surface area contributed by atoms with Crippen LogP contribution in [-0.4, -0.2) is 32.0 Å². The number of nitrogens with one attached hydrogen (secondary N) is 1. The van der Waals surface area contributed by atoms with Crippen LogP contribution in [0.4, 0.5) is 0 Å². The molecule has 1 atom stereocenters. The summed E-state index contributed by atoms with van der Waals surface area (Å²) in [5.74, 6) is 1.66. The summed E-state index contributed by atoms with van der Waals surface area (Å²) in [6.45, 7) is 6.04. The zero-order chi connectivity index (χ0) is 14.0. The van der Waals surface area contributed by atoms with Gasteiger partial charge in [-0.05, 0) is 47.0 Å². The highest BCUT2D eigenvalue weighted by molar-refractivity contribution is 9.10. The highest BCUT2D eigenvalue weighted by atomic mass is 79.9. The first kappa shape index (κ1) is 14.2. The van der Waals surface area contributed by atoms with E-state index in [1.54, 1.807) is 0 Å². The molecule has 2 aliphatic heterocycles. The molecule has 5 heteroatoms. The van der Waals surface area contributed by atoms with Gasteiger partial charge < -0.3 is 19.5 Å². The van der Waals surface area contributed by atoms with Crippen LogP contribution in [0.5, 0.6) is 11.5 Å². The van der Waals surface area contributed by atoms with Crippen molar-refractivity contribution in [1.82, 2.24) is 5.32 Å². The lowest BCUT2D eigenvalue weighted by molar-refractivity contribution is 0.171. The van der Waals surface area contributed by atoms with Crippen LogP contribution in [0.3, 0.4) is 0 Å².